The summed E-state index contributed by atoms with van der Waals surface area (Å²) in [5.74, 6) is 5.39. The van der Waals surface area contributed by atoms with Gasteiger partial charge >= 0.3 is 0 Å². The third-order valence-corrected chi connectivity index (χ3v) is 6.01. The molecule has 1 aliphatic heterocycles. The van der Waals surface area contributed by atoms with Crippen LogP contribution in [0.4, 0.5) is 17.2 Å². The summed E-state index contributed by atoms with van der Waals surface area (Å²) in [5.41, 5.74) is 4.87. The predicted octanol–water partition coefficient (Wildman–Crippen LogP) is 3.60. The Morgan fingerprint density at radius 1 is 1.00 bits per heavy atom. The van der Waals surface area contributed by atoms with Crippen molar-refractivity contribution in [2.24, 2.45) is 0 Å². The second-order valence-electron chi connectivity index (χ2n) is 8.57. The van der Waals surface area contributed by atoms with Gasteiger partial charge in [-0.2, -0.15) is 0 Å². The fourth-order valence-corrected chi connectivity index (χ4v) is 4.21. The van der Waals surface area contributed by atoms with Gasteiger partial charge in [-0.25, -0.2) is 9.97 Å². The van der Waals surface area contributed by atoms with E-state index in [1.807, 2.05) is 36.4 Å². The first kappa shape index (κ1) is 24.0. The van der Waals surface area contributed by atoms with Crippen molar-refractivity contribution in [1.29, 1.82) is 0 Å². The van der Waals surface area contributed by atoms with Crippen molar-refractivity contribution in [2.45, 2.75) is 13.3 Å². The molecule has 0 radical (unpaired) electrons. The maximum atomic E-state index is 12.6. The number of hydrogen-bond acceptors (Lipinski definition) is 6. The number of carbonyl (C=O) groups is 2. The Bertz CT molecular complexity index is 1480. The highest BCUT2D eigenvalue weighted by atomic mass is 16.5. The Hall–Kier alpha value is -4.68. The van der Waals surface area contributed by atoms with Gasteiger partial charge in [0.25, 0.3) is 5.91 Å². The van der Waals surface area contributed by atoms with Gasteiger partial charge in [0.2, 0.25) is 5.91 Å². The first-order chi connectivity index (χ1) is 18.1. The van der Waals surface area contributed by atoms with E-state index in [0.717, 1.165) is 46.8 Å². The van der Waals surface area contributed by atoms with E-state index < -0.39 is 0 Å². The zero-order chi connectivity index (χ0) is 25.6. The molecule has 0 unspecified atom stereocenters. The van der Waals surface area contributed by atoms with Crippen molar-refractivity contribution in [3.8, 4) is 23.1 Å². The first-order valence-corrected chi connectivity index (χ1v) is 12.0. The van der Waals surface area contributed by atoms with Crippen molar-refractivity contribution in [1.82, 2.24) is 15.0 Å². The van der Waals surface area contributed by atoms with E-state index >= 15 is 0 Å². The Morgan fingerprint density at radius 2 is 1.70 bits per heavy atom. The highest BCUT2D eigenvalue weighted by molar-refractivity contribution is 6.04. The number of hydrogen-bond donors (Lipinski definition) is 3. The minimum Gasteiger partial charge on any atom is -0.378 e. The molecule has 1 fully saturated rings. The number of carbonyl (C=O) groups excluding carboxylic acids is 2. The molecule has 37 heavy (non-hydrogen) atoms. The van der Waals surface area contributed by atoms with E-state index in [-0.39, 0.29) is 18.2 Å². The molecule has 9 heteroatoms. The van der Waals surface area contributed by atoms with Gasteiger partial charge in [-0.3, -0.25) is 9.59 Å². The highest BCUT2D eigenvalue weighted by Gasteiger charge is 2.17. The van der Waals surface area contributed by atoms with Crippen LogP contribution in [0, 0.1) is 11.8 Å². The monoisotopic (exact) mass is 494 g/mol. The zero-order valence-corrected chi connectivity index (χ0v) is 20.4. The molecular formula is C28H26N6O3. The second-order valence-corrected chi connectivity index (χ2v) is 8.57. The summed E-state index contributed by atoms with van der Waals surface area (Å²) in [6, 6.07) is 16.8. The van der Waals surface area contributed by atoms with Crippen molar-refractivity contribution in [3.63, 3.8) is 0 Å². The molecule has 3 N–H and O–H groups in total. The standard InChI is InChI=1S/C28H26N6O3/c1-2-3-25(35)31-21-8-4-19(5-9-21)16-26(36)32-22-10-6-20(7-11-22)24-17-23-27(33-24)29-18-30-28(23)34-12-14-37-15-13-34/h4-11,17-18H,12-16H2,1H3,(H,31,35)(H,32,36)(H,29,30,33). The quantitative estimate of drug-likeness (QED) is 0.353. The van der Waals surface area contributed by atoms with E-state index in [1.54, 1.807) is 25.4 Å². The van der Waals surface area contributed by atoms with Crippen molar-refractivity contribution in [3.05, 3.63) is 66.5 Å². The molecule has 9 nitrogen and oxygen atoms in total. The Morgan fingerprint density at radius 3 is 2.43 bits per heavy atom. The van der Waals surface area contributed by atoms with Crippen LogP contribution in [0.2, 0.25) is 0 Å². The normalized spacial score (nSPS) is 13.1. The van der Waals surface area contributed by atoms with Crippen LogP contribution in [0.25, 0.3) is 22.3 Å². The van der Waals surface area contributed by atoms with Gasteiger partial charge in [0, 0.05) is 30.2 Å². The fourth-order valence-electron chi connectivity index (χ4n) is 4.21. The van der Waals surface area contributed by atoms with Crippen LogP contribution in [0.15, 0.2) is 60.9 Å². The van der Waals surface area contributed by atoms with Crippen molar-refractivity contribution < 1.29 is 14.3 Å². The molecule has 2 aromatic carbocycles. The predicted molar refractivity (Wildman–Crippen MR) is 143 cm³/mol. The van der Waals surface area contributed by atoms with Crippen molar-refractivity contribution >= 4 is 40.0 Å². The van der Waals surface area contributed by atoms with Crippen LogP contribution in [0.1, 0.15) is 12.5 Å². The topological polar surface area (TPSA) is 112 Å². The molecule has 0 aliphatic carbocycles. The number of H-pyrrole nitrogens is 1. The van der Waals surface area contributed by atoms with E-state index in [0.29, 0.717) is 24.6 Å². The van der Waals surface area contributed by atoms with E-state index in [4.69, 9.17) is 4.74 Å². The van der Waals surface area contributed by atoms with Crippen LogP contribution >= 0.6 is 0 Å². The summed E-state index contributed by atoms with van der Waals surface area (Å²) in [7, 11) is 0. The maximum Gasteiger partial charge on any atom is 0.300 e. The van der Waals surface area contributed by atoms with E-state index in [9.17, 15) is 9.59 Å². The number of morpholine rings is 1. The van der Waals surface area contributed by atoms with Gasteiger partial charge in [0.05, 0.1) is 25.0 Å². The second kappa shape index (κ2) is 10.9. The molecule has 2 aromatic heterocycles. The number of nitrogens with zero attached hydrogens (tertiary/aromatic N) is 3. The molecule has 4 aromatic rings. The molecule has 1 aliphatic rings. The molecule has 186 valence electrons. The summed E-state index contributed by atoms with van der Waals surface area (Å²) >= 11 is 0. The lowest BCUT2D eigenvalue weighted by molar-refractivity contribution is -0.115. The number of amides is 2. The minimum absolute atomic E-state index is 0.127. The van der Waals surface area contributed by atoms with Crippen LogP contribution in [0.3, 0.4) is 0 Å². The van der Waals surface area contributed by atoms with E-state index in [2.05, 4.69) is 48.4 Å². The van der Waals surface area contributed by atoms with Gasteiger partial charge in [-0.15, -0.1) is 0 Å². The molecule has 0 saturated carbocycles. The van der Waals surface area contributed by atoms with Gasteiger partial charge in [0.15, 0.2) is 0 Å². The first-order valence-electron chi connectivity index (χ1n) is 12.0. The third-order valence-electron chi connectivity index (χ3n) is 6.01. The summed E-state index contributed by atoms with van der Waals surface area (Å²) in [6.45, 7) is 4.59. The molecular weight excluding hydrogens is 468 g/mol. The number of ether oxygens (including phenoxy) is 1. The number of rotatable bonds is 6. The summed E-state index contributed by atoms with van der Waals surface area (Å²) in [4.78, 5) is 38.6. The number of fused-ring (bicyclic) bond motifs is 1. The van der Waals surface area contributed by atoms with Gasteiger partial charge in [-0.1, -0.05) is 30.2 Å². The maximum absolute atomic E-state index is 12.6. The molecule has 5 rings (SSSR count). The fraction of sp³-hybridized carbons (Fsp3) is 0.214. The minimum atomic E-state index is -0.366. The number of anilines is 3. The Kier molecular flexibility index (Phi) is 7.10. The average molecular weight is 495 g/mol. The molecule has 3 heterocycles. The molecule has 1 saturated heterocycles. The Balaban J connectivity index is 1.22. The third kappa shape index (κ3) is 5.77. The lowest BCUT2D eigenvalue weighted by Gasteiger charge is -2.27. The van der Waals surface area contributed by atoms with Gasteiger partial charge < -0.3 is 25.3 Å². The number of aromatic nitrogens is 3. The molecule has 0 spiro atoms. The van der Waals surface area contributed by atoms with Crippen molar-refractivity contribution in [2.75, 3.05) is 41.8 Å². The molecule has 2 amide bonds. The Labute approximate surface area is 214 Å². The summed E-state index contributed by atoms with van der Waals surface area (Å²) in [6.07, 6.45) is 1.80. The van der Waals surface area contributed by atoms with Crippen LogP contribution in [-0.4, -0.2) is 53.1 Å². The molecule has 0 atom stereocenters. The number of nitrogens with one attached hydrogen (secondary N) is 3. The molecule has 0 bridgehead atoms. The lowest BCUT2D eigenvalue weighted by Crippen LogP contribution is -2.36. The number of aromatic amines is 1. The number of benzene rings is 2. The zero-order valence-electron chi connectivity index (χ0n) is 20.4. The summed E-state index contributed by atoms with van der Waals surface area (Å²) < 4.78 is 5.46. The smallest absolute Gasteiger partial charge is 0.300 e. The largest absolute Gasteiger partial charge is 0.378 e. The lowest BCUT2D eigenvalue weighted by atomic mass is 10.1. The van der Waals surface area contributed by atoms with Gasteiger partial charge in [0.1, 0.15) is 17.8 Å². The average Bonchev–Trinajstić information content (AvgIpc) is 3.35. The van der Waals surface area contributed by atoms with E-state index in [1.165, 1.54) is 0 Å². The van der Waals surface area contributed by atoms with Crippen LogP contribution in [0.5, 0.6) is 0 Å². The van der Waals surface area contributed by atoms with Crippen LogP contribution in [-0.2, 0) is 20.7 Å². The SMILES string of the molecule is CC#CC(=O)Nc1ccc(CC(=O)Nc2ccc(-c3cc4c(N5CCOCC5)ncnc4[nH]3)cc2)cc1. The highest BCUT2D eigenvalue weighted by Crippen LogP contribution is 2.29. The summed E-state index contributed by atoms with van der Waals surface area (Å²) in [5, 5.41) is 6.59. The van der Waals surface area contributed by atoms with Gasteiger partial charge in [-0.05, 0) is 54.3 Å². The van der Waals surface area contributed by atoms with Crippen LogP contribution < -0.4 is 15.5 Å².